The number of aliphatic hydroxyl groups excluding tert-OH is 1. The fourth-order valence-corrected chi connectivity index (χ4v) is 4.96. The number of aliphatic hydroxyl groups is 1. The molecule has 0 aliphatic carbocycles. The van der Waals surface area contributed by atoms with E-state index in [-0.39, 0.29) is 6.79 Å². The second kappa shape index (κ2) is 11.0. The monoisotopic (exact) mass is 471 g/mol. The predicted molar refractivity (Wildman–Crippen MR) is 139 cm³/mol. The van der Waals surface area contributed by atoms with Crippen molar-refractivity contribution >= 4 is 11.1 Å². The van der Waals surface area contributed by atoms with Crippen LogP contribution in [-0.2, 0) is 0 Å². The summed E-state index contributed by atoms with van der Waals surface area (Å²) in [7, 11) is 0. The zero-order valence-electron chi connectivity index (χ0n) is 20.3. The number of hydrogen-bond donors (Lipinski definition) is 1. The first kappa shape index (κ1) is 23.5. The van der Waals surface area contributed by atoms with Gasteiger partial charge in [-0.15, -0.1) is 0 Å². The number of β-amino-alcohol motifs (C(OH)–C–C–N with tert-alkyl or cyclic N) is 1. The lowest BCUT2D eigenvalue weighted by Gasteiger charge is -2.20. The Bertz CT molecular complexity index is 1150. The maximum Gasteiger partial charge on any atom is 0.231 e. The van der Waals surface area contributed by atoms with Gasteiger partial charge in [0, 0.05) is 6.54 Å². The third-order valence-electron chi connectivity index (χ3n) is 6.69. The maximum absolute atomic E-state index is 10.4. The smallest absolute Gasteiger partial charge is 0.231 e. The Balaban J connectivity index is 1.40. The molecule has 0 bridgehead atoms. The Labute approximate surface area is 207 Å². The van der Waals surface area contributed by atoms with Gasteiger partial charge in [0.1, 0.15) is 18.5 Å². The normalized spacial score (nSPS) is 16.7. The summed E-state index contributed by atoms with van der Waals surface area (Å²) in [6, 6.07) is 24.8. The Morgan fingerprint density at radius 2 is 1.57 bits per heavy atom. The molecule has 1 saturated heterocycles. The molecule has 0 amide bonds. The summed E-state index contributed by atoms with van der Waals surface area (Å²) < 4.78 is 17.1. The van der Waals surface area contributed by atoms with Gasteiger partial charge in [-0.2, -0.15) is 0 Å². The number of likely N-dealkylation sites (tertiary alicyclic amines) is 1. The average molecular weight is 472 g/mol. The Hall–Kier alpha value is -3.28. The second-order valence-electron chi connectivity index (χ2n) is 9.14. The number of allylic oxidation sites excluding steroid dienone is 1. The average Bonchev–Trinajstić information content (AvgIpc) is 3.58. The Morgan fingerprint density at radius 1 is 0.886 bits per heavy atom. The Morgan fingerprint density at radius 3 is 2.31 bits per heavy atom. The van der Waals surface area contributed by atoms with Gasteiger partial charge in [0.2, 0.25) is 6.79 Å². The van der Waals surface area contributed by atoms with Crippen molar-refractivity contribution in [3.8, 4) is 17.2 Å². The van der Waals surface area contributed by atoms with Crippen molar-refractivity contribution in [3.05, 3.63) is 89.5 Å². The van der Waals surface area contributed by atoms with Crippen LogP contribution in [0.5, 0.6) is 17.2 Å². The van der Waals surface area contributed by atoms with E-state index < -0.39 is 6.10 Å². The third kappa shape index (κ3) is 5.53. The van der Waals surface area contributed by atoms with E-state index in [0.717, 1.165) is 53.4 Å². The second-order valence-corrected chi connectivity index (χ2v) is 9.14. The van der Waals surface area contributed by atoms with Crippen LogP contribution in [-0.4, -0.2) is 49.1 Å². The highest BCUT2D eigenvalue weighted by Crippen LogP contribution is 2.39. The number of benzene rings is 3. The summed E-state index contributed by atoms with van der Waals surface area (Å²) in [4.78, 5) is 2.30. The van der Waals surface area contributed by atoms with Crippen molar-refractivity contribution in [2.45, 2.75) is 32.3 Å². The summed E-state index contributed by atoms with van der Waals surface area (Å²) in [5.41, 5.74) is 5.84. The molecule has 1 atom stereocenters. The van der Waals surface area contributed by atoms with Crippen LogP contribution >= 0.6 is 0 Å². The first-order valence-corrected chi connectivity index (χ1v) is 12.5. The van der Waals surface area contributed by atoms with Gasteiger partial charge in [-0.25, -0.2) is 0 Å². The molecular formula is C30H33NO4. The van der Waals surface area contributed by atoms with Crippen LogP contribution in [0.4, 0.5) is 0 Å². The first-order valence-electron chi connectivity index (χ1n) is 12.5. The van der Waals surface area contributed by atoms with E-state index in [1.165, 1.54) is 24.0 Å². The van der Waals surface area contributed by atoms with Crippen LogP contribution in [0, 0.1) is 0 Å². The standard InChI is InChI=1S/C30H33NO4/c1-2-27(24-12-15-28-29(18-24)35-21-34-28)30(22-8-4-3-5-9-22)23-10-13-26(14-11-23)33-20-25(32)19-31-16-6-7-17-31/h3-5,8-15,18,25,32H,2,6-7,16-17,19-21H2,1H3/b30-27-. The molecule has 1 fully saturated rings. The van der Waals surface area contributed by atoms with E-state index in [1.54, 1.807) is 0 Å². The van der Waals surface area contributed by atoms with E-state index >= 15 is 0 Å². The topological polar surface area (TPSA) is 51.2 Å². The molecule has 182 valence electrons. The summed E-state index contributed by atoms with van der Waals surface area (Å²) in [6.45, 7) is 5.57. The molecule has 2 aliphatic heterocycles. The predicted octanol–water partition coefficient (Wildman–Crippen LogP) is 5.62. The summed E-state index contributed by atoms with van der Waals surface area (Å²) in [5.74, 6) is 2.35. The van der Waals surface area contributed by atoms with Crippen molar-refractivity contribution in [3.63, 3.8) is 0 Å². The van der Waals surface area contributed by atoms with Crippen molar-refractivity contribution in [1.29, 1.82) is 0 Å². The molecule has 3 aromatic carbocycles. The zero-order chi connectivity index (χ0) is 24.0. The highest BCUT2D eigenvalue weighted by Gasteiger charge is 2.19. The van der Waals surface area contributed by atoms with E-state index in [9.17, 15) is 5.11 Å². The van der Waals surface area contributed by atoms with E-state index in [1.807, 2.05) is 24.3 Å². The van der Waals surface area contributed by atoms with E-state index in [4.69, 9.17) is 14.2 Å². The van der Waals surface area contributed by atoms with Gasteiger partial charge in [-0.3, -0.25) is 0 Å². The molecule has 2 aliphatic rings. The highest BCUT2D eigenvalue weighted by atomic mass is 16.7. The minimum absolute atomic E-state index is 0.268. The quantitative estimate of drug-likeness (QED) is 0.411. The van der Waals surface area contributed by atoms with Gasteiger partial charge in [0.15, 0.2) is 11.5 Å². The van der Waals surface area contributed by atoms with Crippen LogP contribution in [0.3, 0.4) is 0 Å². The number of nitrogens with zero attached hydrogens (tertiary/aromatic N) is 1. The molecule has 0 radical (unpaired) electrons. The minimum atomic E-state index is -0.481. The van der Waals surface area contributed by atoms with Crippen LogP contribution in [0.15, 0.2) is 72.8 Å². The number of fused-ring (bicyclic) bond motifs is 1. The molecular weight excluding hydrogens is 438 g/mol. The lowest BCUT2D eigenvalue weighted by molar-refractivity contribution is 0.0758. The zero-order valence-corrected chi connectivity index (χ0v) is 20.3. The molecule has 3 aromatic rings. The van der Waals surface area contributed by atoms with Gasteiger partial charge in [-0.1, -0.05) is 55.5 Å². The van der Waals surface area contributed by atoms with Crippen molar-refractivity contribution in [1.82, 2.24) is 4.90 Å². The van der Waals surface area contributed by atoms with Gasteiger partial charge < -0.3 is 24.2 Å². The molecule has 2 heterocycles. The van der Waals surface area contributed by atoms with Gasteiger partial charge in [0.25, 0.3) is 0 Å². The molecule has 0 spiro atoms. The molecule has 0 saturated carbocycles. The van der Waals surface area contributed by atoms with Gasteiger partial charge >= 0.3 is 0 Å². The molecule has 5 heteroatoms. The molecule has 5 rings (SSSR count). The minimum Gasteiger partial charge on any atom is -0.491 e. The maximum atomic E-state index is 10.4. The van der Waals surface area contributed by atoms with Crippen molar-refractivity contribution in [2.24, 2.45) is 0 Å². The fraction of sp³-hybridized carbons (Fsp3) is 0.333. The van der Waals surface area contributed by atoms with Gasteiger partial charge in [0.05, 0.1) is 0 Å². The Kier molecular flexibility index (Phi) is 7.36. The number of hydrogen-bond acceptors (Lipinski definition) is 5. The van der Waals surface area contributed by atoms with Crippen LogP contribution < -0.4 is 14.2 Å². The van der Waals surface area contributed by atoms with Crippen molar-refractivity contribution in [2.75, 3.05) is 33.0 Å². The summed E-state index contributed by atoms with van der Waals surface area (Å²) in [5, 5.41) is 10.4. The summed E-state index contributed by atoms with van der Waals surface area (Å²) in [6.07, 6.45) is 2.83. The van der Waals surface area contributed by atoms with Crippen LogP contribution in [0.1, 0.15) is 42.9 Å². The molecule has 1 unspecified atom stereocenters. The largest absolute Gasteiger partial charge is 0.491 e. The highest BCUT2D eigenvalue weighted by molar-refractivity contribution is 5.98. The molecule has 1 N–H and O–H groups in total. The van der Waals surface area contributed by atoms with Gasteiger partial charge in [-0.05, 0) is 84.5 Å². The van der Waals surface area contributed by atoms with Crippen LogP contribution in [0.2, 0.25) is 0 Å². The lowest BCUT2D eigenvalue weighted by Crippen LogP contribution is -2.33. The fourth-order valence-electron chi connectivity index (χ4n) is 4.96. The summed E-state index contributed by atoms with van der Waals surface area (Å²) >= 11 is 0. The number of ether oxygens (including phenoxy) is 3. The van der Waals surface area contributed by atoms with E-state index in [2.05, 4.69) is 60.4 Å². The van der Waals surface area contributed by atoms with E-state index in [0.29, 0.717) is 13.2 Å². The number of rotatable bonds is 9. The molecule has 35 heavy (non-hydrogen) atoms. The third-order valence-corrected chi connectivity index (χ3v) is 6.69. The molecule has 0 aromatic heterocycles. The lowest BCUT2D eigenvalue weighted by atomic mass is 9.88. The SMILES string of the molecule is CC/C(=C(\c1ccccc1)c1ccc(OCC(O)CN2CCCC2)cc1)c1ccc2c(c1)OCO2. The van der Waals surface area contributed by atoms with Crippen LogP contribution in [0.25, 0.3) is 11.1 Å². The van der Waals surface area contributed by atoms with Crippen molar-refractivity contribution < 1.29 is 19.3 Å². The molecule has 5 nitrogen and oxygen atoms in total. The first-order chi connectivity index (χ1) is 17.2.